The third-order valence-corrected chi connectivity index (χ3v) is 9.14. The Bertz CT molecular complexity index is 1250. The standard InChI is InChI=1S/C32H41N3O7/c1-4-5-17-34-18-11-16-32-26(29(38)35(19-20-36)28(32)30(34)39)25-23(42-32)14-9-10-15-24(37)33(3)21(2)27(41-31(25)40)22-12-7-6-8-13-22/h6-9,11-14,16,21,23,25-28,36H,4-5,10,15,17-20H2,1-3H3/b14-9-/t21-,23-,25+,26+,27+,28-,32+/m1/s1. The highest BCUT2D eigenvalue weighted by molar-refractivity contribution is 5.99. The van der Waals surface area contributed by atoms with Gasteiger partial charge < -0.3 is 29.3 Å². The molecule has 10 nitrogen and oxygen atoms in total. The maximum absolute atomic E-state index is 14.2. The van der Waals surface area contributed by atoms with E-state index in [0.29, 0.717) is 19.5 Å². The molecule has 1 aromatic rings. The number of carbonyl (C=O) groups excluding carboxylic acids is 4. The zero-order valence-electron chi connectivity index (χ0n) is 24.6. The first-order chi connectivity index (χ1) is 20.2. The Labute approximate surface area is 246 Å². The number of rotatable bonds is 6. The summed E-state index contributed by atoms with van der Waals surface area (Å²) in [5.41, 5.74) is -0.673. The lowest BCUT2D eigenvalue weighted by molar-refractivity contribution is -0.164. The van der Waals surface area contributed by atoms with Gasteiger partial charge in [0, 0.05) is 33.1 Å². The van der Waals surface area contributed by atoms with E-state index in [-0.39, 0.29) is 31.4 Å². The van der Waals surface area contributed by atoms with E-state index in [4.69, 9.17) is 9.47 Å². The van der Waals surface area contributed by atoms with Crippen LogP contribution < -0.4 is 0 Å². The van der Waals surface area contributed by atoms with Gasteiger partial charge in [0.25, 0.3) is 0 Å². The monoisotopic (exact) mass is 579 g/mol. The number of amides is 3. The fraction of sp³-hybridized carbons (Fsp3) is 0.562. The van der Waals surface area contributed by atoms with E-state index in [1.807, 2.05) is 50.3 Å². The fourth-order valence-electron chi connectivity index (χ4n) is 6.83. The van der Waals surface area contributed by atoms with Crippen LogP contribution in [-0.4, -0.2) is 101 Å². The van der Waals surface area contributed by atoms with Gasteiger partial charge in [-0.15, -0.1) is 0 Å². The van der Waals surface area contributed by atoms with Crippen LogP contribution in [-0.2, 0) is 28.7 Å². The van der Waals surface area contributed by atoms with E-state index < -0.39 is 53.6 Å². The summed E-state index contributed by atoms with van der Waals surface area (Å²) in [5.74, 6) is -3.42. The number of β-amino-alcohol motifs (C(OH)–C–C–N with tert-alkyl or cyclic N) is 1. The molecule has 2 saturated heterocycles. The Morgan fingerprint density at radius 1 is 1.05 bits per heavy atom. The maximum atomic E-state index is 14.2. The second kappa shape index (κ2) is 12.4. The summed E-state index contributed by atoms with van der Waals surface area (Å²) < 4.78 is 12.9. The summed E-state index contributed by atoms with van der Waals surface area (Å²) in [6.45, 7) is 4.41. The van der Waals surface area contributed by atoms with Gasteiger partial charge in [-0.05, 0) is 25.3 Å². The van der Waals surface area contributed by atoms with Gasteiger partial charge in [0.2, 0.25) is 17.7 Å². The first kappa shape index (κ1) is 30.0. The van der Waals surface area contributed by atoms with Crippen molar-refractivity contribution in [3.63, 3.8) is 0 Å². The topological polar surface area (TPSA) is 117 Å². The molecule has 0 aliphatic carbocycles. The highest BCUT2D eigenvalue weighted by atomic mass is 16.6. The number of benzene rings is 1. The Kier molecular flexibility index (Phi) is 8.84. The predicted octanol–water partition coefficient (Wildman–Crippen LogP) is 2.24. The van der Waals surface area contributed by atoms with E-state index in [2.05, 4.69) is 0 Å². The number of ether oxygens (including phenoxy) is 2. The van der Waals surface area contributed by atoms with Crippen molar-refractivity contribution in [3.05, 3.63) is 60.2 Å². The van der Waals surface area contributed by atoms with Crippen LogP contribution in [0.4, 0.5) is 0 Å². The van der Waals surface area contributed by atoms with Gasteiger partial charge in [0.15, 0.2) is 0 Å². The van der Waals surface area contributed by atoms with E-state index in [1.54, 1.807) is 35.1 Å². The summed E-state index contributed by atoms with van der Waals surface area (Å²) in [6.07, 6.45) is 7.93. The van der Waals surface area contributed by atoms with Gasteiger partial charge in [0.05, 0.1) is 24.7 Å². The zero-order valence-corrected chi connectivity index (χ0v) is 24.6. The second-order valence-corrected chi connectivity index (χ2v) is 11.6. The predicted molar refractivity (Wildman–Crippen MR) is 154 cm³/mol. The Hall–Kier alpha value is -3.50. The number of hydrogen-bond donors (Lipinski definition) is 1. The van der Waals surface area contributed by atoms with Gasteiger partial charge in [0.1, 0.15) is 23.7 Å². The van der Waals surface area contributed by atoms with E-state index in [1.165, 1.54) is 4.90 Å². The molecule has 10 heteroatoms. The molecule has 7 atom stereocenters. The molecule has 0 unspecified atom stereocenters. The number of allylic oxidation sites excluding steroid dienone is 1. The van der Waals surface area contributed by atoms with Crippen molar-refractivity contribution in [1.29, 1.82) is 0 Å². The quantitative estimate of drug-likeness (QED) is 0.406. The average Bonchev–Trinajstić information content (AvgIpc) is 3.37. The van der Waals surface area contributed by atoms with Gasteiger partial charge in [-0.3, -0.25) is 19.2 Å². The number of aliphatic hydroxyl groups is 1. The second-order valence-electron chi connectivity index (χ2n) is 11.6. The number of likely N-dealkylation sites (tertiary alicyclic amines) is 1. The molecule has 1 spiro atoms. The molecule has 5 rings (SSSR count). The van der Waals surface area contributed by atoms with Crippen LogP contribution in [0.1, 0.15) is 51.2 Å². The van der Waals surface area contributed by atoms with Crippen molar-refractivity contribution in [2.24, 2.45) is 11.8 Å². The minimum Gasteiger partial charge on any atom is -0.455 e. The third kappa shape index (κ3) is 5.15. The van der Waals surface area contributed by atoms with Crippen LogP contribution in [0.15, 0.2) is 54.6 Å². The molecule has 0 saturated carbocycles. The van der Waals surface area contributed by atoms with E-state index >= 15 is 0 Å². The summed E-state index contributed by atoms with van der Waals surface area (Å²) in [7, 11) is 1.70. The number of likely N-dealkylation sites (N-methyl/N-ethyl adjacent to an activating group) is 1. The Morgan fingerprint density at radius 3 is 2.52 bits per heavy atom. The van der Waals surface area contributed by atoms with Crippen LogP contribution in [0.3, 0.4) is 0 Å². The highest BCUT2D eigenvalue weighted by Gasteiger charge is 2.71. The minimum atomic E-state index is -1.40. The molecule has 42 heavy (non-hydrogen) atoms. The molecule has 0 aromatic heterocycles. The molecular weight excluding hydrogens is 538 g/mol. The first-order valence-electron chi connectivity index (χ1n) is 15.0. The van der Waals surface area contributed by atoms with E-state index in [0.717, 1.165) is 18.4 Å². The van der Waals surface area contributed by atoms with Gasteiger partial charge in [-0.25, -0.2) is 0 Å². The lowest BCUT2D eigenvalue weighted by Crippen LogP contribution is -2.55. The Balaban J connectivity index is 1.58. The number of cyclic esters (lactones) is 1. The average molecular weight is 580 g/mol. The smallest absolute Gasteiger partial charge is 0.313 e. The Morgan fingerprint density at radius 2 is 1.81 bits per heavy atom. The summed E-state index contributed by atoms with van der Waals surface area (Å²) >= 11 is 0. The van der Waals surface area contributed by atoms with Crippen molar-refractivity contribution in [1.82, 2.24) is 14.7 Å². The molecule has 4 heterocycles. The van der Waals surface area contributed by atoms with Crippen molar-refractivity contribution >= 4 is 23.7 Å². The molecule has 226 valence electrons. The number of nitrogens with zero attached hydrogens (tertiary/aromatic N) is 3. The number of fused-ring (bicyclic) bond motifs is 2. The number of esters is 1. The summed E-state index contributed by atoms with van der Waals surface area (Å²) in [5, 5.41) is 9.88. The van der Waals surface area contributed by atoms with Crippen LogP contribution in [0.2, 0.25) is 0 Å². The van der Waals surface area contributed by atoms with Gasteiger partial charge >= 0.3 is 5.97 Å². The molecule has 0 radical (unpaired) electrons. The highest BCUT2D eigenvalue weighted by Crippen LogP contribution is 2.53. The van der Waals surface area contributed by atoms with Crippen molar-refractivity contribution in [2.45, 2.75) is 69.4 Å². The van der Waals surface area contributed by atoms with E-state index in [9.17, 15) is 24.3 Å². The molecule has 2 fully saturated rings. The normalized spacial score (nSPS) is 34.2. The molecule has 1 N–H and O–H groups in total. The lowest BCUT2D eigenvalue weighted by atomic mass is 9.77. The number of hydrogen-bond acceptors (Lipinski definition) is 7. The third-order valence-electron chi connectivity index (χ3n) is 9.14. The van der Waals surface area contributed by atoms with Crippen molar-refractivity contribution in [3.8, 4) is 0 Å². The number of unbranched alkanes of at least 4 members (excludes halogenated alkanes) is 1. The fourth-order valence-corrected chi connectivity index (χ4v) is 6.83. The largest absolute Gasteiger partial charge is 0.455 e. The maximum Gasteiger partial charge on any atom is 0.313 e. The first-order valence-corrected chi connectivity index (χ1v) is 15.0. The van der Waals surface area contributed by atoms with Crippen LogP contribution in [0.5, 0.6) is 0 Å². The summed E-state index contributed by atoms with van der Waals surface area (Å²) in [6, 6.07) is 7.75. The molecule has 0 bridgehead atoms. The van der Waals surface area contributed by atoms with Crippen molar-refractivity contribution in [2.75, 3.05) is 33.3 Å². The van der Waals surface area contributed by atoms with Crippen LogP contribution >= 0.6 is 0 Å². The summed E-state index contributed by atoms with van der Waals surface area (Å²) in [4.78, 5) is 60.1. The number of aliphatic hydroxyl groups excluding tert-OH is 1. The number of carbonyl (C=O) groups is 4. The van der Waals surface area contributed by atoms with Crippen molar-refractivity contribution < 1.29 is 33.8 Å². The molecule has 1 aromatic carbocycles. The zero-order chi connectivity index (χ0) is 30.0. The van der Waals surface area contributed by atoms with Crippen LogP contribution in [0.25, 0.3) is 0 Å². The van der Waals surface area contributed by atoms with Gasteiger partial charge in [-0.2, -0.15) is 0 Å². The molecule has 3 amide bonds. The molecule has 4 aliphatic rings. The minimum absolute atomic E-state index is 0.0504. The van der Waals surface area contributed by atoms with Gasteiger partial charge in [-0.1, -0.05) is 68.0 Å². The SMILES string of the molecule is CCCCN1CC=C[C@]23O[C@@H]4/C=C\CCC(=O)N(C)[C@H](C)[C@@H](c5ccccc5)OC(=O)[C@@H]4[C@H]2C(=O)N(CCO)[C@@H]3C1=O. The lowest BCUT2D eigenvalue weighted by Gasteiger charge is -2.35. The molecular formula is C32H41N3O7. The molecule has 4 aliphatic heterocycles. The van der Waals surface area contributed by atoms with Crippen LogP contribution in [0, 0.1) is 11.8 Å².